The Morgan fingerprint density at radius 2 is 2.00 bits per heavy atom. The van der Waals surface area contributed by atoms with Crippen LogP contribution in [0.25, 0.3) is 0 Å². The highest BCUT2D eigenvalue weighted by atomic mass is 16.2. The smallest absolute Gasteiger partial charge is 0.227 e. The quantitative estimate of drug-likeness (QED) is 0.923. The molecule has 1 aromatic rings. The molecule has 22 heavy (non-hydrogen) atoms. The van der Waals surface area contributed by atoms with Crippen LogP contribution in [-0.4, -0.2) is 54.5 Å². The van der Waals surface area contributed by atoms with Gasteiger partial charge in [-0.15, -0.1) is 0 Å². The van der Waals surface area contributed by atoms with Crippen LogP contribution in [0.15, 0.2) is 30.3 Å². The Bertz CT molecular complexity index is 484. The van der Waals surface area contributed by atoms with Crippen LogP contribution >= 0.6 is 0 Å². The molecule has 0 aromatic heterocycles. The van der Waals surface area contributed by atoms with E-state index in [2.05, 4.69) is 52.4 Å². The summed E-state index contributed by atoms with van der Waals surface area (Å²) in [6, 6.07) is 11.2. The highest BCUT2D eigenvalue weighted by Crippen LogP contribution is 2.18. The van der Waals surface area contributed by atoms with Gasteiger partial charge in [-0.3, -0.25) is 9.69 Å². The van der Waals surface area contributed by atoms with E-state index in [-0.39, 0.29) is 5.92 Å². The second-order valence-corrected chi connectivity index (χ2v) is 6.61. The fourth-order valence-corrected chi connectivity index (χ4v) is 3.50. The van der Waals surface area contributed by atoms with Crippen LogP contribution in [-0.2, 0) is 11.3 Å². The second kappa shape index (κ2) is 7.25. The number of rotatable bonds is 3. The van der Waals surface area contributed by atoms with E-state index in [9.17, 15) is 4.79 Å². The number of hydrogen-bond acceptors (Lipinski definition) is 3. The third kappa shape index (κ3) is 3.68. The number of nitrogens with one attached hydrogen (secondary N) is 1. The van der Waals surface area contributed by atoms with E-state index in [1.54, 1.807) is 0 Å². The molecule has 1 aromatic carbocycles. The van der Waals surface area contributed by atoms with E-state index < -0.39 is 0 Å². The molecule has 3 rings (SSSR count). The molecule has 2 aliphatic heterocycles. The summed E-state index contributed by atoms with van der Waals surface area (Å²) in [7, 11) is 0. The molecule has 0 aliphatic carbocycles. The molecule has 4 heteroatoms. The van der Waals surface area contributed by atoms with Gasteiger partial charge in [0.15, 0.2) is 0 Å². The number of nitrogens with zero attached hydrogens (tertiary/aromatic N) is 2. The summed E-state index contributed by atoms with van der Waals surface area (Å²) in [5, 5.41) is 3.30. The minimum absolute atomic E-state index is 0.205. The topological polar surface area (TPSA) is 35.6 Å². The first-order chi connectivity index (χ1) is 10.7. The lowest BCUT2D eigenvalue weighted by atomic mass is 10.1. The van der Waals surface area contributed by atoms with Crippen molar-refractivity contribution in [3.05, 3.63) is 35.9 Å². The van der Waals surface area contributed by atoms with Crippen molar-refractivity contribution >= 4 is 5.91 Å². The third-order valence-corrected chi connectivity index (χ3v) is 5.05. The number of amides is 1. The maximum Gasteiger partial charge on any atom is 0.227 e. The number of hydrogen-bond donors (Lipinski definition) is 1. The average molecular weight is 301 g/mol. The maximum absolute atomic E-state index is 12.6. The van der Waals surface area contributed by atoms with E-state index >= 15 is 0 Å². The van der Waals surface area contributed by atoms with Gasteiger partial charge >= 0.3 is 0 Å². The lowest BCUT2D eigenvalue weighted by molar-refractivity contribution is -0.134. The van der Waals surface area contributed by atoms with Gasteiger partial charge < -0.3 is 10.2 Å². The van der Waals surface area contributed by atoms with Gasteiger partial charge in [0.2, 0.25) is 5.91 Å². The Morgan fingerprint density at radius 3 is 2.73 bits per heavy atom. The molecule has 2 aliphatic rings. The van der Waals surface area contributed by atoms with Gasteiger partial charge in [0, 0.05) is 38.8 Å². The first-order valence-electron chi connectivity index (χ1n) is 8.51. The van der Waals surface area contributed by atoms with E-state index in [0.717, 1.165) is 52.1 Å². The van der Waals surface area contributed by atoms with Crippen molar-refractivity contribution in [2.24, 2.45) is 5.92 Å². The first-order valence-corrected chi connectivity index (χ1v) is 8.51. The van der Waals surface area contributed by atoms with Gasteiger partial charge in [-0.2, -0.15) is 0 Å². The molecule has 2 atom stereocenters. The molecule has 2 heterocycles. The lowest BCUT2D eigenvalue weighted by Crippen LogP contribution is -2.39. The largest absolute Gasteiger partial charge is 0.341 e. The number of carbonyl (C=O) groups is 1. The van der Waals surface area contributed by atoms with Gasteiger partial charge in [-0.25, -0.2) is 0 Å². The second-order valence-electron chi connectivity index (χ2n) is 6.61. The highest BCUT2D eigenvalue weighted by molar-refractivity contribution is 5.79. The normalized spacial score (nSPS) is 26.9. The van der Waals surface area contributed by atoms with E-state index in [4.69, 9.17) is 0 Å². The highest BCUT2D eigenvalue weighted by Gasteiger charge is 2.29. The lowest BCUT2D eigenvalue weighted by Gasteiger charge is -2.26. The SMILES string of the molecule is CC1CCN(C(=O)C2CCNC2)CCN1Cc1ccccc1. The molecule has 2 saturated heterocycles. The van der Waals surface area contributed by atoms with Crippen molar-refractivity contribution < 1.29 is 4.79 Å². The van der Waals surface area contributed by atoms with E-state index in [0.29, 0.717) is 11.9 Å². The zero-order valence-electron chi connectivity index (χ0n) is 13.5. The molecule has 0 radical (unpaired) electrons. The molecule has 120 valence electrons. The first kappa shape index (κ1) is 15.5. The van der Waals surface area contributed by atoms with Gasteiger partial charge in [0.25, 0.3) is 0 Å². The van der Waals surface area contributed by atoms with Gasteiger partial charge in [-0.05, 0) is 31.9 Å². The fraction of sp³-hybridized carbons (Fsp3) is 0.611. The van der Waals surface area contributed by atoms with Crippen molar-refractivity contribution in [2.75, 3.05) is 32.7 Å². The maximum atomic E-state index is 12.6. The summed E-state index contributed by atoms with van der Waals surface area (Å²) in [6.07, 6.45) is 2.07. The predicted molar refractivity (Wildman–Crippen MR) is 88.5 cm³/mol. The van der Waals surface area contributed by atoms with Crippen molar-refractivity contribution in [3.63, 3.8) is 0 Å². The van der Waals surface area contributed by atoms with Crippen LogP contribution in [0, 0.1) is 5.92 Å². The van der Waals surface area contributed by atoms with Crippen LogP contribution in [0.4, 0.5) is 0 Å². The average Bonchev–Trinajstić information content (AvgIpc) is 3.02. The predicted octanol–water partition coefficient (Wildman–Crippen LogP) is 1.72. The standard InChI is InChI=1S/C18H27N3O/c1-15-8-10-20(18(22)17-7-9-19-13-17)11-12-21(15)14-16-5-3-2-4-6-16/h2-6,15,17,19H,7-14H2,1H3. The molecule has 1 amide bonds. The Kier molecular flexibility index (Phi) is 5.11. The molecule has 2 unspecified atom stereocenters. The summed E-state index contributed by atoms with van der Waals surface area (Å²) in [4.78, 5) is 17.2. The molecule has 4 nitrogen and oxygen atoms in total. The monoisotopic (exact) mass is 301 g/mol. The Balaban J connectivity index is 1.59. The summed E-state index contributed by atoms with van der Waals surface area (Å²) in [5.74, 6) is 0.565. The summed E-state index contributed by atoms with van der Waals surface area (Å²) >= 11 is 0. The van der Waals surface area contributed by atoms with Crippen molar-refractivity contribution in [2.45, 2.75) is 32.4 Å². The fourth-order valence-electron chi connectivity index (χ4n) is 3.50. The molecule has 0 spiro atoms. The Labute approximate surface area is 133 Å². The minimum atomic E-state index is 0.205. The zero-order chi connectivity index (χ0) is 15.4. The van der Waals surface area contributed by atoms with Crippen molar-refractivity contribution in [1.82, 2.24) is 15.1 Å². The third-order valence-electron chi connectivity index (χ3n) is 5.05. The minimum Gasteiger partial charge on any atom is -0.341 e. The number of benzene rings is 1. The Morgan fingerprint density at radius 1 is 1.18 bits per heavy atom. The summed E-state index contributed by atoms with van der Waals surface area (Å²) in [6.45, 7) is 7.86. The van der Waals surface area contributed by atoms with Gasteiger partial charge in [0.05, 0.1) is 5.92 Å². The molecular formula is C18H27N3O. The molecule has 0 bridgehead atoms. The van der Waals surface area contributed by atoms with Crippen LogP contribution in [0.1, 0.15) is 25.3 Å². The van der Waals surface area contributed by atoms with Gasteiger partial charge in [0.1, 0.15) is 0 Å². The molecule has 1 N–H and O–H groups in total. The van der Waals surface area contributed by atoms with Gasteiger partial charge in [-0.1, -0.05) is 30.3 Å². The zero-order valence-corrected chi connectivity index (χ0v) is 13.5. The van der Waals surface area contributed by atoms with Crippen LogP contribution in [0.2, 0.25) is 0 Å². The summed E-state index contributed by atoms with van der Waals surface area (Å²) in [5.41, 5.74) is 1.36. The summed E-state index contributed by atoms with van der Waals surface area (Å²) < 4.78 is 0. The van der Waals surface area contributed by atoms with Crippen molar-refractivity contribution in [3.8, 4) is 0 Å². The van der Waals surface area contributed by atoms with Crippen LogP contribution < -0.4 is 5.32 Å². The molecule has 0 saturated carbocycles. The van der Waals surface area contributed by atoms with E-state index in [1.165, 1.54) is 5.56 Å². The number of carbonyl (C=O) groups excluding carboxylic acids is 1. The molecular weight excluding hydrogens is 274 g/mol. The van der Waals surface area contributed by atoms with E-state index in [1.807, 2.05) is 0 Å². The Hall–Kier alpha value is -1.39. The van der Waals surface area contributed by atoms with Crippen LogP contribution in [0.3, 0.4) is 0 Å². The molecule has 2 fully saturated rings. The van der Waals surface area contributed by atoms with Crippen LogP contribution in [0.5, 0.6) is 0 Å². The van der Waals surface area contributed by atoms with Crippen molar-refractivity contribution in [1.29, 1.82) is 0 Å².